The van der Waals surface area contributed by atoms with Crippen LogP contribution in [0.5, 0.6) is 0 Å². The average molecular weight is 350 g/mol. The Balaban J connectivity index is 1.75. The minimum atomic E-state index is -0.161. The molecule has 1 fully saturated rings. The van der Waals surface area contributed by atoms with Gasteiger partial charge in [0.15, 0.2) is 5.82 Å². The van der Waals surface area contributed by atoms with E-state index >= 15 is 0 Å². The molecule has 3 heterocycles. The summed E-state index contributed by atoms with van der Waals surface area (Å²) in [6.45, 7) is 8.40. The van der Waals surface area contributed by atoms with Crippen LogP contribution in [0, 0.1) is 6.92 Å². The van der Waals surface area contributed by atoms with E-state index in [1.807, 2.05) is 12.1 Å². The molecule has 0 spiro atoms. The third-order valence-electron chi connectivity index (χ3n) is 4.53. The highest BCUT2D eigenvalue weighted by molar-refractivity contribution is 5.87. The maximum Gasteiger partial charge on any atom is 0.226 e. The SMILES string of the molecule is Cc1cccc(Nc2ncnc3cnc(N4CCOCC4(C)C)nc23)c1. The number of anilines is 3. The first-order valence-electron chi connectivity index (χ1n) is 8.70. The van der Waals surface area contributed by atoms with Crippen molar-refractivity contribution in [2.75, 3.05) is 30.0 Å². The molecule has 7 nitrogen and oxygen atoms in total. The van der Waals surface area contributed by atoms with Crippen LogP contribution < -0.4 is 10.2 Å². The summed E-state index contributed by atoms with van der Waals surface area (Å²) < 4.78 is 5.60. The smallest absolute Gasteiger partial charge is 0.226 e. The Labute approximate surface area is 152 Å². The van der Waals surface area contributed by atoms with Gasteiger partial charge in [-0.25, -0.2) is 19.9 Å². The molecule has 1 aliphatic rings. The van der Waals surface area contributed by atoms with Crippen molar-refractivity contribution < 1.29 is 4.74 Å². The van der Waals surface area contributed by atoms with Gasteiger partial charge in [-0.1, -0.05) is 12.1 Å². The molecule has 1 aromatic carbocycles. The number of aromatic nitrogens is 4. The van der Waals surface area contributed by atoms with Crippen LogP contribution in [0.4, 0.5) is 17.5 Å². The molecule has 4 rings (SSSR count). The molecule has 26 heavy (non-hydrogen) atoms. The molecule has 0 radical (unpaired) electrons. The Morgan fingerprint density at radius 3 is 2.88 bits per heavy atom. The van der Waals surface area contributed by atoms with Gasteiger partial charge in [0, 0.05) is 12.2 Å². The summed E-state index contributed by atoms with van der Waals surface area (Å²) >= 11 is 0. The van der Waals surface area contributed by atoms with Crippen molar-refractivity contribution in [2.45, 2.75) is 26.3 Å². The number of nitrogens with one attached hydrogen (secondary N) is 1. The van der Waals surface area contributed by atoms with E-state index in [2.05, 4.69) is 58.1 Å². The number of ether oxygens (including phenoxy) is 1. The van der Waals surface area contributed by atoms with Gasteiger partial charge in [0.25, 0.3) is 0 Å². The minimum absolute atomic E-state index is 0.161. The van der Waals surface area contributed by atoms with Crippen molar-refractivity contribution in [1.82, 2.24) is 19.9 Å². The Morgan fingerprint density at radius 2 is 2.08 bits per heavy atom. The maximum absolute atomic E-state index is 5.60. The summed E-state index contributed by atoms with van der Waals surface area (Å²) in [5.74, 6) is 1.35. The van der Waals surface area contributed by atoms with Crippen molar-refractivity contribution in [3.05, 3.63) is 42.4 Å². The zero-order valence-electron chi connectivity index (χ0n) is 15.2. The van der Waals surface area contributed by atoms with Gasteiger partial charge >= 0.3 is 0 Å². The number of hydrogen-bond donors (Lipinski definition) is 1. The van der Waals surface area contributed by atoms with Gasteiger partial charge < -0.3 is 15.0 Å². The molecule has 0 amide bonds. The summed E-state index contributed by atoms with van der Waals surface area (Å²) in [6, 6.07) is 8.15. The Hall–Kier alpha value is -2.80. The molecule has 1 N–H and O–H groups in total. The standard InChI is InChI=1S/C19H22N6O/c1-13-5-4-6-14(9-13)23-17-16-15(21-12-22-17)10-20-18(24-16)25-7-8-26-11-19(25,2)3/h4-6,9-10,12H,7-8,11H2,1-3H3,(H,21,22,23). The molecular formula is C19H22N6O. The van der Waals surface area contributed by atoms with Crippen LogP contribution >= 0.6 is 0 Å². The first-order chi connectivity index (χ1) is 12.5. The molecule has 0 bridgehead atoms. The van der Waals surface area contributed by atoms with Crippen LogP contribution in [0.25, 0.3) is 11.0 Å². The van der Waals surface area contributed by atoms with E-state index in [1.54, 1.807) is 6.20 Å². The minimum Gasteiger partial charge on any atom is -0.377 e. The van der Waals surface area contributed by atoms with Crippen LogP contribution in [-0.4, -0.2) is 45.2 Å². The Kier molecular flexibility index (Phi) is 4.16. The second-order valence-electron chi connectivity index (χ2n) is 7.14. The largest absolute Gasteiger partial charge is 0.377 e. The predicted molar refractivity (Wildman–Crippen MR) is 102 cm³/mol. The molecule has 134 valence electrons. The first kappa shape index (κ1) is 16.7. The number of morpholine rings is 1. The van der Waals surface area contributed by atoms with Crippen molar-refractivity contribution in [1.29, 1.82) is 0 Å². The lowest BCUT2D eigenvalue weighted by atomic mass is 10.0. The number of benzene rings is 1. The first-order valence-corrected chi connectivity index (χ1v) is 8.70. The van der Waals surface area contributed by atoms with Crippen molar-refractivity contribution in [3.8, 4) is 0 Å². The van der Waals surface area contributed by atoms with Crippen molar-refractivity contribution in [2.24, 2.45) is 0 Å². The fourth-order valence-electron chi connectivity index (χ4n) is 3.15. The van der Waals surface area contributed by atoms with Crippen LogP contribution in [-0.2, 0) is 4.74 Å². The van der Waals surface area contributed by atoms with Crippen LogP contribution in [0.3, 0.4) is 0 Å². The summed E-state index contributed by atoms with van der Waals surface area (Å²) in [6.07, 6.45) is 3.29. The van der Waals surface area contributed by atoms with Gasteiger partial charge in [-0.2, -0.15) is 0 Å². The molecular weight excluding hydrogens is 328 g/mol. The van der Waals surface area contributed by atoms with E-state index in [1.165, 1.54) is 11.9 Å². The Bertz CT molecular complexity index is 942. The third-order valence-corrected chi connectivity index (χ3v) is 4.53. The lowest BCUT2D eigenvalue weighted by Crippen LogP contribution is -2.53. The molecule has 2 aromatic heterocycles. The van der Waals surface area contributed by atoms with E-state index in [0.717, 1.165) is 12.2 Å². The zero-order valence-corrected chi connectivity index (χ0v) is 15.2. The molecule has 1 saturated heterocycles. The van der Waals surface area contributed by atoms with Crippen LogP contribution in [0.2, 0.25) is 0 Å². The molecule has 0 aliphatic carbocycles. The van der Waals surface area contributed by atoms with E-state index in [4.69, 9.17) is 9.72 Å². The van der Waals surface area contributed by atoms with Gasteiger partial charge in [-0.3, -0.25) is 0 Å². The normalized spacial score (nSPS) is 16.7. The van der Waals surface area contributed by atoms with E-state index in [-0.39, 0.29) is 5.54 Å². The second-order valence-corrected chi connectivity index (χ2v) is 7.14. The molecule has 0 atom stereocenters. The van der Waals surface area contributed by atoms with Crippen LogP contribution in [0.1, 0.15) is 19.4 Å². The highest BCUT2D eigenvalue weighted by Crippen LogP contribution is 2.27. The third kappa shape index (κ3) is 3.17. The lowest BCUT2D eigenvalue weighted by Gasteiger charge is -2.42. The maximum atomic E-state index is 5.60. The zero-order chi connectivity index (χ0) is 18.1. The Morgan fingerprint density at radius 1 is 1.19 bits per heavy atom. The molecule has 0 saturated carbocycles. The van der Waals surface area contributed by atoms with Gasteiger partial charge in [-0.05, 0) is 38.5 Å². The van der Waals surface area contributed by atoms with E-state index in [0.29, 0.717) is 36.0 Å². The predicted octanol–water partition coefficient (Wildman–Crippen LogP) is 3.09. The molecule has 7 heteroatoms. The topological polar surface area (TPSA) is 76.1 Å². The summed E-state index contributed by atoms with van der Waals surface area (Å²) in [4.78, 5) is 20.2. The number of fused-ring (bicyclic) bond motifs is 1. The van der Waals surface area contributed by atoms with Gasteiger partial charge in [-0.15, -0.1) is 0 Å². The molecule has 1 aliphatic heterocycles. The lowest BCUT2D eigenvalue weighted by molar-refractivity contribution is 0.0634. The van der Waals surface area contributed by atoms with Crippen molar-refractivity contribution >= 4 is 28.5 Å². The van der Waals surface area contributed by atoms with Crippen LogP contribution in [0.15, 0.2) is 36.8 Å². The van der Waals surface area contributed by atoms with E-state index in [9.17, 15) is 0 Å². The van der Waals surface area contributed by atoms with Gasteiger partial charge in [0.05, 0.1) is 24.9 Å². The van der Waals surface area contributed by atoms with Gasteiger partial charge in [0.1, 0.15) is 17.4 Å². The second kappa shape index (κ2) is 6.49. The van der Waals surface area contributed by atoms with Gasteiger partial charge in [0.2, 0.25) is 5.95 Å². The highest BCUT2D eigenvalue weighted by atomic mass is 16.5. The number of aryl methyl sites for hydroxylation is 1. The molecule has 3 aromatic rings. The highest BCUT2D eigenvalue weighted by Gasteiger charge is 2.32. The summed E-state index contributed by atoms with van der Waals surface area (Å²) in [5, 5.41) is 3.35. The fourth-order valence-corrected chi connectivity index (χ4v) is 3.15. The fraction of sp³-hybridized carbons (Fsp3) is 0.368. The quantitative estimate of drug-likeness (QED) is 0.778. The van der Waals surface area contributed by atoms with Crippen molar-refractivity contribution in [3.63, 3.8) is 0 Å². The number of rotatable bonds is 3. The number of nitrogens with zero attached hydrogens (tertiary/aromatic N) is 5. The molecule has 0 unspecified atom stereocenters. The summed E-state index contributed by atoms with van der Waals surface area (Å²) in [5.41, 5.74) is 3.41. The van der Waals surface area contributed by atoms with E-state index < -0.39 is 0 Å². The number of hydrogen-bond acceptors (Lipinski definition) is 7. The monoisotopic (exact) mass is 350 g/mol. The average Bonchev–Trinajstić information content (AvgIpc) is 2.61. The summed E-state index contributed by atoms with van der Waals surface area (Å²) in [7, 11) is 0.